The van der Waals surface area contributed by atoms with Crippen molar-refractivity contribution in [3.05, 3.63) is 65.5 Å². The Morgan fingerprint density at radius 1 is 1.10 bits per heavy atom. The zero-order chi connectivity index (χ0) is 20.2. The summed E-state index contributed by atoms with van der Waals surface area (Å²) >= 11 is 1.31. The third kappa shape index (κ3) is 4.61. The van der Waals surface area contributed by atoms with Crippen molar-refractivity contribution in [1.29, 1.82) is 0 Å². The number of hydrogen-bond donors (Lipinski definition) is 0. The van der Waals surface area contributed by atoms with Crippen molar-refractivity contribution in [1.82, 2.24) is 14.3 Å². The predicted octanol–water partition coefficient (Wildman–Crippen LogP) is 3.35. The van der Waals surface area contributed by atoms with Gasteiger partial charge >= 0.3 is 0 Å². The highest BCUT2D eigenvalue weighted by molar-refractivity contribution is 7.09. The molecule has 146 valence electrons. The SMILES string of the molecule is Cc1cccc(C#CC(=O)N2CCN(c3nc(-c4ccc(F)cc4)ns3)CC2)c1. The van der Waals surface area contributed by atoms with E-state index in [2.05, 4.69) is 26.1 Å². The molecule has 1 aliphatic heterocycles. The van der Waals surface area contributed by atoms with Gasteiger partial charge in [0.25, 0.3) is 5.91 Å². The second-order valence-electron chi connectivity index (χ2n) is 6.81. The molecular weight excluding hydrogens is 387 g/mol. The topological polar surface area (TPSA) is 49.3 Å². The molecule has 1 aliphatic rings. The van der Waals surface area contributed by atoms with Crippen molar-refractivity contribution >= 4 is 22.6 Å². The van der Waals surface area contributed by atoms with Crippen LogP contribution in [0.4, 0.5) is 9.52 Å². The van der Waals surface area contributed by atoms with Crippen molar-refractivity contribution in [2.45, 2.75) is 6.92 Å². The molecule has 0 atom stereocenters. The fraction of sp³-hybridized carbons (Fsp3) is 0.227. The molecular formula is C22H19FN4OS. The molecule has 1 saturated heterocycles. The van der Waals surface area contributed by atoms with Gasteiger partial charge in [-0.25, -0.2) is 4.39 Å². The lowest BCUT2D eigenvalue weighted by Gasteiger charge is -2.33. The molecule has 1 fully saturated rings. The molecule has 0 saturated carbocycles. The number of nitrogens with zero attached hydrogens (tertiary/aromatic N) is 4. The van der Waals surface area contributed by atoms with Gasteiger partial charge < -0.3 is 9.80 Å². The molecule has 4 rings (SSSR count). The van der Waals surface area contributed by atoms with Crippen LogP contribution in [0.1, 0.15) is 11.1 Å². The largest absolute Gasteiger partial charge is 0.343 e. The number of carbonyl (C=O) groups excluding carboxylic acids is 1. The molecule has 0 radical (unpaired) electrons. The predicted molar refractivity (Wildman–Crippen MR) is 112 cm³/mol. The van der Waals surface area contributed by atoms with E-state index >= 15 is 0 Å². The Balaban J connectivity index is 1.36. The minimum atomic E-state index is -0.282. The Hall–Kier alpha value is -3.24. The van der Waals surface area contributed by atoms with E-state index in [4.69, 9.17) is 0 Å². The normalized spacial score (nSPS) is 13.7. The van der Waals surface area contributed by atoms with Crippen LogP contribution in [-0.2, 0) is 4.79 Å². The third-order valence-electron chi connectivity index (χ3n) is 4.69. The number of benzene rings is 2. The van der Waals surface area contributed by atoms with Crippen LogP contribution in [0.2, 0.25) is 0 Å². The highest BCUT2D eigenvalue weighted by Gasteiger charge is 2.22. The van der Waals surface area contributed by atoms with Crippen molar-refractivity contribution in [3.8, 4) is 23.2 Å². The molecule has 2 heterocycles. The first-order chi connectivity index (χ1) is 14.1. The maximum absolute atomic E-state index is 13.1. The summed E-state index contributed by atoms with van der Waals surface area (Å²) in [5.41, 5.74) is 2.75. The number of carbonyl (C=O) groups is 1. The molecule has 1 aromatic heterocycles. The van der Waals surface area contributed by atoms with Crippen LogP contribution >= 0.6 is 11.5 Å². The van der Waals surface area contributed by atoms with Gasteiger partial charge in [0.15, 0.2) is 5.82 Å². The molecule has 0 unspecified atom stereocenters. The molecule has 0 bridgehead atoms. The zero-order valence-electron chi connectivity index (χ0n) is 15.9. The van der Waals surface area contributed by atoms with E-state index in [0.717, 1.165) is 21.8 Å². The summed E-state index contributed by atoms with van der Waals surface area (Å²) in [7, 11) is 0. The summed E-state index contributed by atoms with van der Waals surface area (Å²) in [6.07, 6.45) is 0. The van der Waals surface area contributed by atoms with E-state index in [1.54, 1.807) is 17.0 Å². The van der Waals surface area contributed by atoms with Gasteiger partial charge in [-0.1, -0.05) is 18.1 Å². The molecule has 29 heavy (non-hydrogen) atoms. The smallest absolute Gasteiger partial charge is 0.298 e. The van der Waals surface area contributed by atoms with Gasteiger partial charge in [-0.2, -0.15) is 9.36 Å². The van der Waals surface area contributed by atoms with Crippen LogP contribution in [0.3, 0.4) is 0 Å². The number of hydrogen-bond acceptors (Lipinski definition) is 5. The van der Waals surface area contributed by atoms with Crippen LogP contribution in [0, 0.1) is 24.6 Å². The van der Waals surface area contributed by atoms with Gasteiger partial charge in [-0.15, -0.1) is 0 Å². The maximum Gasteiger partial charge on any atom is 0.298 e. The molecule has 5 nitrogen and oxygen atoms in total. The van der Waals surface area contributed by atoms with Gasteiger partial charge in [0.2, 0.25) is 5.13 Å². The lowest BCUT2D eigenvalue weighted by molar-refractivity contribution is -0.125. The summed E-state index contributed by atoms with van der Waals surface area (Å²) < 4.78 is 17.5. The van der Waals surface area contributed by atoms with Gasteiger partial charge in [0.1, 0.15) is 5.82 Å². The average molecular weight is 406 g/mol. The maximum atomic E-state index is 13.1. The monoisotopic (exact) mass is 406 g/mol. The second-order valence-corrected chi connectivity index (χ2v) is 7.54. The number of halogens is 1. The molecule has 3 aromatic rings. The van der Waals surface area contributed by atoms with Crippen molar-refractivity contribution < 1.29 is 9.18 Å². The van der Waals surface area contributed by atoms with E-state index < -0.39 is 0 Å². The van der Waals surface area contributed by atoms with E-state index in [0.29, 0.717) is 32.0 Å². The molecule has 0 spiro atoms. The minimum absolute atomic E-state index is 0.157. The number of amides is 1. The molecule has 2 aromatic carbocycles. The third-order valence-corrected chi connectivity index (χ3v) is 5.46. The Morgan fingerprint density at radius 2 is 1.86 bits per heavy atom. The van der Waals surface area contributed by atoms with Crippen LogP contribution in [-0.4, -0.2) is 46.3 Å². The van der Waals surface area contributed by atoms with E-state index in [9.17, 15) is 9.18 Å². The molecule has 7 heteroatoms. The number of aryl methyl sites for hydroxylation is 1. The Bertz CT molecular complexity index is 1080. The number of aromatic nitrogens is 2. The van der Waals surface area contributed by atoms with Crippen LogP contribution < -0.4 is 4.90 Å². The quantitative estimate of drug-likeness (QED) is 0.613. The van der Waals surface area contributed by atoms with Crippen molar-refractivity contribution in [2.24, 2.45) is 0 Å². The standard InChI is InChI=1S/C22H19FN4OS/c1-16-3-2-4-17(15-16)5-10-20(28)26-11-13-27(14-12-26)22-24-21(25-29-22)18-6-8-19(23)9-7-18/h2-4,6-9,15H,11-14H2,1H3. The lowest BCUT2D eigenvalue weighted by atomic mass is 10.1. The summed E-state index contributed by atoms with van der Waals surface area (Å²) in [6.45, 7) is 4.53. The number of rotatable bonds is 2. The van der Waals surface area contributed by atoms with Crippen molar-refractivity contribution in [2.75, 3.05) is 31.1 Å². The highest BCUT2D eigenvalue weighted by atomic mass is 32.1. The summed E-state index contributed by atoms with van der Waals surface area (Å²) in [5, 5.41) is 0.808. The molecule has 1 amide bonds. The molecule has 0 aliphatic carbocycles. The average Bonchev–Trinajstić information content (AvgIpc) is 3.23. The lowest BCUT2D eigenvalue weighted by Crippen LogP contribution is -2.48. The fourth-order valence-corrected chi connectivity index (χ4v) is 3.83. The number of anilines is 1. The van der Waals surface area contributed by atoms with E-state index in [1.807, 2.05) is 31.2 Å². The zero-order valence-corrected chi connectivity index (χ0v) is 16.7. The first-order valence-electron chi connectivity index (χ1n) is 9.31. The van der Waals surface area contributed by atoms with Crippen LogP contribution in [0.15, 0.2) is 48.5 Å². The fourth-order valence-electron chi connectivity index (χ4n) is 3.09. The Labute approximate surface area is 173 Å². The summed E-state index contributed by atoms with van der Waals surface area (Å²) in [4.78, 5) is 20.8. The summed E-state index contributed by atoms with van der Waals surface area (Å²) in [6, 6.07) is 13.9. The Kier molecular flexibility index (Phi) is 5.54. The van der Waals surface area contributed by atoms with Gasteiger partial charge in [0, 0.05) is 54.8 Å². The second kappa shape index (κ2) is 8.41. The first-order valence-corrected chi connectivity index (χ1v) is 10.1. The van der Waals surface area contributed by atoms with Gasteiger partial charge in [-0.3, -0.25) is 4.79 Å². The van der Waals surface area contributed by atoms with E-state index in [1.165, 1.54) is 23.7 Å². The van der Waals surface area contributed by atoms with E-state index in [-0.39, 0.29) is 11.7 Å². The van der Waals surface area contributed by atoms with Crippen LogP contribution in [0.5, 0.6) is 0 Å². The minimum Gasteiger partial charge on any atom is -0.343 e. The summed E-state index contributed by atoms with van der Waals surface area (Å²) in [5.74, 6) is 5.84. The van der Waals surface area contributed by atoms with Crippen molar-refractivity contribution in [3.63, 3.8) is 0 Å². The van der Waals surface area contributed by atoms with Gasteiger partial charge in [-0.05, 0) is 48.9 Å². The number of piperazine rings is 1. The first kappa shape index (κ1) is 19.1. The van der Waals surface area contributed by atoms with Crippen LogP contribution in [0.25, 0.3) is 11.4 Å². The highest BCUT2D eigenvalue weighted by Crippen LogP contribution is 2.25. The Morgan fingerprint density at radius 3 is 2.59 bits per heavy atom. The molecule has 0 N–H and O–H groups in total. The van der Waals surface area contributed by atoms with Gasteiger partial charge in [0.05, 0.1) is 0 Å².